The molecule has 0 spiro atoms. The third-order valence-corrected chi connectivity index (χ3v) is 7.28. The highest BCUT2D eigenvalue weighted by Gasteiger charge is 2.41. The van der Waals surface area contributed by atoms with Crippen LogP contribution >= 0.6 is 0 Å². The average Bonchev–Trinajstić information content (AvgIpc) is 3.42. The van der Waals surface area contributed by atoms with Gasteiger partial charge in [-0.1, -0.05) is 72.8 Å². The van der Waals surface area contributed by atoms with Gasteiger partial charge in [-0.15, -0.1) is 5.06 Å². The van der Waals surface area contributed by atoms with Gasteiger partial charge in [-0.3, -0.25) is 14.5 Å². The number of benzene rings is 3. The van der Waals surface area contributed by atoms with Crippen molar-refractivity contribution in [1.82, 2.24) is 9.96 Å². The second-order valence-corrected chi connectivity index (χ2v) is 9.41. The summed E-state index contributed by atoms with van der Waals surface area (Å²) in [5.74, 6) is -2.10. The predicted octanol–water partition coefficient (Wildman–Crippen LogP) is 3.97. The molecule has 186 valence electrons. The molecule has 6 rings (SSSR count). The average molecular weight is 497 g/mol. The summed E-state index contributed by atoms with van der Waals surface area (Å²) in [5.41, 5.74) is 6.20. The maximum atomic E-state index is 13.4. The van der Waals surface area contributed by atoms with Crippen molar-refractivity contribution in [2.24, 2.45) is 0 Å². The molecule has 2 aliphatic heterocycles. The molecule has 3 aliphatic rings. The first kappa shape index (κ1) is 23.0. The van der Waals surface area contributed by atoms with Crippen LogP contribution in [-0.4, -0.2) is 46.5 Å². The number of amides is 3. The summed E-state index contributed by atoms with van der Waals surface area (Å²) >= 11 is 0. The molecule has 2 heterocycles. The molecule has 3 aromatic rings. The van der Waals surface area contributed by atoms with Crippen LogP contribution in [0.4, 0.5) is 4.79 Å². The quantitative estimate of drug-likeness (QED) is 0.508. The van der Waals surface area contributed by atoms with Crippen LogP contribution in [0, 0.1) is 0 Å². The molecule has 1 aliphatic carbocycles. The number of carbonyl (C=O) groups is 4. The van der Waals surface area contributed by atoms with Crippen LogP contribution in [0.25, 0.3) is 11.1 Å². The number of nitrogens with zero attached hydrogens (tertiary/aromatic N) is 2. The summed E-state index contributed by atoms with van der Waals surface area (Å²) in [7, 11) is 0. The molecule has 0 radical (unpaired) electrons. The van der Waals surface area contributed by atoms with Gasteiger partial charge in [0.15, 0.2) is 0 Å². The third kappa shape index (κ3) is 4.04. The Hall–Kier alpha value is -4.46. The van der Waals surface area contributed by atoms with Crippen molar-refractivity contribution in [2.75, 3.05) is 6.61 Å². The lowest BCUT2D eigenvalue weighted by molar-refractivity contribution is -0.201. The lowest BCUT2D eigenvalue weighted by Gasteiger charge is -2.35. The van der Waals surface area contributed by atoms with Crippen LogP contribution in [0.5, 0.6) is 0 Å². The van der Waals surface area contributed by atoms with E-state index in [4.69, 9.17) is 9.57 Å². The SMILES string of the molecule is O=C(ON1C(=O)CCC1=O)C1Cc2ccccc2CN1C(=O)OCC1c2ccccc2-c2ccccc21. The first-order valence-electron chi connectivity index (χ1n) is 12.3. The summed E-state index contributed by atoms with van der Waals surface area (Å²) in [6.45, 7) is 0.254. The van der Waals surface area contributed by atoms with Crippen LogP contribution in [0.3, 0.4) is 0 Å². The number of rotatable bonds is 4. The Labute approximate surface area is 213 Å². The van der Waals surface area contributed by atoms with Crippen molar-refractivity contribution in [3.63, 3.8) is 0 Å². The van der Waals surface area contributed by atoms with Crippen molar-refractivity contribution >= 4 is 23.9 Å². The van der Waals surface area contributed by atoms with Crippen LogP contribution in [-0.2, 0) is 36.9 Å². The van der Waals surface area contributed by atoms with E-state index in [1.165, 1.54) is 4.90 Å². The summed E-state index contributed by atoms with van der Waals surface area (Å²) in [6, 6.07) is 22.6. The number of carbonyl (C=O) groups excluding carboxylic acids is 4. The Balaban J connectivity index is 1.23. The number of fused-ring (bicyclic) bond motifs is 4. The van der Waals surface area contributed by atoms with Crippen LogP contribution in [0.15, 0.2) is 72.8 Å². The lowest BCUT2D eigenvalue weighted by atomic mass is 9.94. The molecular formula is C29H24N2O6. The molecule has 3 aromatic carbocycles. The minimum atomic E-state index is -1.04. The van der Waals surface area contributed by atoms with Gasteiger partial charge in [0.2, 0.25) is 0 Å². The molecule has 0 N–H and O–H groups in total. The van der Waals surface area contributed by atoms with Gasteiger partial charge in [0.05, 0.1) is 6.54 Å². The fourth-order valence-corrected chi connectivity index (χ4v) is 5.41. The number of hydroxylamine groups is 2. The summed E-state index contributed by atoms with van der Waals surface area (Å²) in [6.07, 6.45) is -0.474. The molecule has 1 atom stereocenters. The highest BCUT2D eigenvalue weighted by molar-refractivity contribution is 6.02. The van der Waals surface area contributed by atoms with Crippen molar-refractivity contribution < 1.29 is 28.8 Å². The second-order valence-electron chi connectivity index (χ2n) is 9.41. The number of hydrogen-bond acceptors (Lipinski definition) is 6. The van der Waals surface area contributed by atoms with Gasteiger partial charge in [-0.05, 0) is 33.4 Å². The molecular weight excluding hydrogens is 472 g/mol. The molecule has 1 fully saturated rings. The van der Waals surface area contributed by atoms with Gasteiger partial charge in [0.25, 0.3) is 11.8 Å². The molecule has 37 heavy (non-hydrogen) atoms. The Kier molecular flexibility index (Phi) is 5.71. The number of ether oxygens (including phenoxy) is 1. The fourth-order valence-electron chi connectivity index (χ4n) is 5.41. The van der Waals surface area contributed by atoms with E-state index < -0.39 is 29.9 Å². The van der Waals surface area contributed by atoms with E-state index in [2.05, 4.69) is 12.1 Å². The van der Waals surface area contributed by atoms with E-state index in [1.54, 1.807) is 0 Å². The normalized spacial score (nSPS) is 18.3. The number of imide groups is 1. The van der Waals surface area contributed by atoms with E-state index in [0.717, 1.165) is 33.4 Å². The van der Waals surface area contributed by atoms with Crippen LogP contribution in [0.1, 0.15) is 41.0 Å². The molecule has 3 amide bonds. The standard InChI is InChI=1S/C29H24N2O6/c32-26-13-14-27(33)31(26)37-28(34)25-15-18-7-1-2-8-19(18)16-30(25)29(35)36-17-24-22-11-5-3-9-20(22)21-10-4-6-12-23(21)24/h1-12,24-25H,13-17H2. The first-order valence-corrected chi connectivity index (χ1v) is 12.3. The largest absolute Gasteiger partial charge is 0.448 e. The van der Waals surface area contributed by atoms with Crippen LogP contribution < -0.4 is 0 Å². The second kappa shape index (κ2) is 9.20. The van der Waals surface area contributed by atoms with E-state index in [1.807, 2.05) is 60.7 Å². The summed E-state index contributed by atoms with van der Waals surface area (Å²) < 4.78 is 5.82. The number of hydrogen-bond donors (Lipinski definition) is 0. The van der Waals surface area contributed by atoms with Crippen LogP contribution in [0.2, 0.25) is 0 Å². The lowest BCUT2D eigenvalue weighted by Crippen LogP contribution is -2.51. The van der Waals surface area contributed by atoms with Crippen molar-refractivity contribution in [2.45, 2.75) is 37.8 Å². The maximum Gasteiger partial charge on any atom is 0.410 e. The Morgan fingerprint density at radius 3 is 2.00 bits per heavy atom. The smallest absolute Gasteiger partial charge is 0.410 e. The van der Waals surface area contributed by atoms with Crippen molar-refractivity contribution in [3.8, 4) is 11.1 Å². The summed E-state index contributed by atoms with van der Waals surface area (Å²) in [5, 5.41) is 0.513. The Morgan fingerprint density at radius 2 is 1.35 bits per heavy atom. The fraction of sp³-hybridized carbons (Fsp3) is 0.241. The highest BCUT2D eigenvalue weighted by atomic mass is 16.7. The molecule has 1 saturated heterocycles. The van der Waals surface area contributed by atoms with Gasteiger partial charge in [0.1, 0.15) is 12.6 Å². The van der Waals surface area contributed by atoms with Crippen molar-refractivity contribution in [3.05, 3.63) is 95.1 Å². The first-order chi connectivity index (χ1) is 18.0. The van der Waals surface area contributed by atoms with Gasteiger partial charge >= 0.3 is 12.1 Å². The van der Waals surface area contributed by atoms with Gasteiger partial charge in [-0.2, -0.15) is 0 Å². The van der Waals surface area contributed by atoms with E-state index in [9.17, 15) is 19.2 Å². The Morgan fingerprint density at radius 1 is 0.784 bits per heavy atom. The van der Waals surface area contributed by atoms with Gasteiger partial charge < -0.3 is 9.57 Å². The molecule has 0 saturated carbocycles. The monoisotopic (exact) mass is 496 g/mol. The summed E-state index contributed by atoms with van der Waals surface area (Å²) in [4.78, 5) is 57.0. The molecule has 8 heteroatoms. The maximum absolute atomic E-state index is 13.4. The zero-order valence-electron chi connectivity index (χ0n) is 20.0. The van der Waals surface area contributed by atoms with Gasteiger partial charge in [0, 0.05) is 25.2 Å². The third-order valence-electron chi connectivity index (χ3n) is 7.28. The topological polar surface area (TPSA) is 93.2 Å². The van der Waals surface area contributed by atoms with Gasteiger partial charge in [-0.25, -0.2) is 9.59 Å². The van der Waals surface area contributed by atoms with E-state index >= 15 is 0 Å². The van der Waals surface area contributed by atoms with E-state index in [-0.39, 0.29) is 38.3 Å². The Bertz CT molecular complexity index is 1370. The zero-order chi connectivity index (χ0) is 25.5. The van der Waals surface area contributed by atoms with Crippen molar-refractivity contribution in [1.29, 1.82) is 0 Å². The highest BCUT2D eigenvalue weighted by Crippen LogP contribution is 2.44. The molecule has 8 nitrogen and oxygen atoms in total. The minimum absolute atomic E-state index is 0.00426. The van der Waals surface area contributed by atoms with E-state index in [0.29, 0.717) is 5.06 Å². The predicted molar refractivity (Wildman–Crippen MR) is 132 cm³/mol. The molecule has 0 bridgehead atoms. The molecule has 0 aromatic heterocycles. The zero-order valence-corrected chi connectivity index (χ0v) is 20.0. The molecule has 1 unspecified atom stereocenters. The minimum Gasteiger partial charge on any atom is -0.448 e.